The van der Waals surface area contributed by atoms with Crippen LogP contribution in [-0.4, -0.2) is 46.9 Å². The van der Waals surface area contributed by atoms with Crippen molar-refractivity contribution in [1.82, 2.24) is 9.55 Å². The quantitative estimate of drug-likeness (QED) is 0.414. The van der Waals surface area contributed by atoms with Gasteiger partial charge in [0.25, 0.3) is 0 Å². The molecule has 180 valence electrons. The number of nitrogens with zero attached hydrogens (tertiary/aromatic N) is 3. The monoisotopic (exact) mass is 471 g/mol. The topological polar surface area (TPSA) is 76.8 Å². The fraction of sp³-hybridized carbons (Fsp3) is 0.286. The van der Waals surface area contributed by atoms with Crippen molar-refractivity contribution in [1.29, 1.82) is 0 Å². The van der Waals surface area contributed by atoms with Crippen LogP contribution in [0, 0.1) is 6.92 Å². The molecule has 1 aliphatic rings. The number of rotatable bonds is 8. The number of anilines is 1. The number of carbonyl (C=O) groups is 1. The van der Waals surface area contributed by atoms with Gasteiger partial charge in [0, 0.05) is 24.6 Å². The van der Waals surface area contributed by atoms with Crippen LogP contribution in [0.15, 0.2) is 72.8 Å². The third-order valence-electron chi connectivity index (χ3n) is 6.41. The molecule has 4 aromatic rings. The Hall–Kier alpha value is -3.84. The Kier molecular flexibility index (Phi) is 6.42. The Bertz CT molecular complexity index is 1330. The summed E-state index contributed by atoms with van der Waals surface area (Å²) in [6.07, 6.45) is -0.396. The van der Waals surface area contributed by atoms with Gasteiger partial charge < -0.3 is 24.0 Å². The minimum absolute atomic E-state index is 0.0708. The molecule has 1 N–H and O–H groups in total. The van der Waals surface area contributed by atoms with E-state index in [0.717, 1.165) is 28.1 Å². The molecular formula is C28H29N3O4. The fourth-order valence-electron chi connectivity index (χ4n) is 4.64. The third kappa shape index (κ3) is 4.72. The summed E-state index contributed by atoms with van der Waals surface area (Å²) in [5, 5.41) is 10.9. The highest BCUT2D eigenvalue weighted by atomic mass is 16.5. The summed E-state index contributed by atoms with van der Waals surface area (Å²) in [5.41, 5.74) is 3.83. The molecule has 0 aliphatic carbocycles. The molecule has 35 heavy (non-hydrogen) atoms. The molecule has 1 fully saturated rings. The summed E-state index contributed by atoms with van der Waals surface area (Å²) >= 11 is 0. The number of carbonyl (C=O) groups excluding carboxylic acids is 1. The Morgan fingerprint density at radius 3 is 2.51 bits per heavy atom. The Balaban J connectivity index is 1.37. The Morgan fingerprint density at radius 2 is 1.74 bits per heavy atom. The number of benzene rings is 3. The van der Waals surface area contributed by atoms with Gasteiger partial charge in [-0.15, -0.1) is 0 Å². The molecule has 2 heterocycles. The van der Waals surface area contributed by atoms with Crippen LogP contribution in [0.3, 0.4) is 0 Å². The van der Waals surface area contributed by atoms with Crippen LogP contribution in [-0.2, 0) is 11.3 Å². The van der Waals surface area contributed by atoms with E-state index in [1.54, 1.807) is 7.11 Å². The molecule has 2 atom stereocenters. The van der Waals surface area contributed by atoms with Gasteiger partial charge in [-0.3, -0.25) is 4.79 Å². The summed E-state index contributed by atoms with van der Waals surface area (Å²) in [6, 6.07) is 23.2. The largest absolute Gasteiger partial charge is 0.493 e. The van der Waals surface area contributed by atoms with E-state index in [2.05, 4.69) is 0 Å². The zero-order chi connectivity index (χ0) is 24.4. The van der Waals surface area contributed by atoms with Crippen molar-refractivity contribution in [2.24, 2.45) is 0 Å². The maximum absolute atomic E-state index is 12.9. The maximum Gasteiger partial charge on any atom is 0.227 e. The van der Waals surface area contributed by atoms with E-state index >= 15 is 0 Å². The number of aromatic nitrogens is 2. The number of aliphatic hydroxyl groups excluding tert-OH is 1. The molecule has 1 aromatic heterocycles. The highest BCUT2D eigenvalue weighted by molar-refractivity contribution is 5.96. The summed E-state index contributed by atoms with van der Waals surface area (Å²) in [6.45, 7) is 2.99. The molecule has 5 rings (SSSR count). The van der Waals surface area contributed by atoms with Crippen LogP contribution in [0.1, 0.15) is 23.7 Å². The molecule has 3 aromatic carbocycles. The smallest absolute Gasteiger partial charge is 0.227 e. The first kappa shape index (κ1) is 22.9. The second kappa shape index (κ2) is 9.80. The molecule has 1 amide bonds. The predicted molar refractivity (Wildman–Crippen MR) is 135 cm³/mol. The van der Waals surface area contributed by atoms with E-state index in [1.165, 1.54) is 0 Å². The van der Waals surface area contributed by atoms with Gasteiger partial charge in [0.05, 0.1) is 24.7 Å². The molecule has 2 unspecified atom stereocenters. The Labute approximate surface area is 204 Å². The lowest BCUT2D eigenvalue weighted by molar-refractivity contribution is -0.117. The second-order valence-corrected chi connectivity index (χ2v) is 8.93. The van der Waals surface area contributed by atoms with Crippen LogP contribution in [0.5, 0.6) is 11.5 Å². The summed E-state index contributed by atoms with van der Waals surface area (Å²) < 4.78 is 13.2. The molecule has 0 saturated carbocycles. The van der Waals surface area contributed by atoms with Gasteiger partial charge in [0.2, 0.25) is 5.91 Å². The van der Waals surface area contributed by atoms with Crippen molar-refractivity contribution in [3.8, 4) is 11.5 Å². The number of methoxy groups -OCH3 is 1. The van der Waals surface area contributed by atoms with E-state index in [9.17, 15) is 9.90 Å². The molecular weight excluding hydrogens is 442 g/mol. The fourth-order valence-corrected chi connectivity index (χ4v) is 4.64. The molecule has 0 bridgehead atoms. The van der Waals surface area contributed by atoms with Crippen molar-refractivity contribution in [3.05, 3.63) is 84.2 Å². The van der Waals surface area contributed by atoms with Gasteiger partial charge >= 0.3 is 0 Å². The van der Waals surface area contributed by atoms with Crippen molar-refractivity contribution >= 4 is 22.6 Å². The van der Waals surface area contributed by atoms with Crippen LogP contribution in [0.25, 0.3) is 11.0 Å². The van der Waals surface area contributed by atoms with Gasteiger partial charge in [0.15, 0.2) is 11.5 Å². The lowest BCUT2D eigenvalue weighted by Crippen LogP contribution is -2.26. The maximum atomic E-state index is 12.9. The van der Waals surface area contributed by atoms with Gasteiger partial charge in [-0.2, -0.15) is 0 Å². The molecule has 7 nitrogen and oxygen atoms in total. The minimum Gasteiger partial charge on any atom is -0.493 e. The molecule has 0 radical (unpaired) electrons. The normalized spacial score (nSPS) is 16.6. The van der Waals surface area contributed by atoms with Gasteiger partial charge in [-0.25, -0.2) is 4.98 Å². The average Bonchev–Trinajstić information content (AvgIpc) is 3.44. The number of fused-ring (bicyclic) bond motifs is 1. The lowest BCUT2D eigenvalue weighted by Gasteiger charge is -2.19. The number of para-hydroxylation sites is 4. The highest BCUT2D eigenvalue weighted by Crippen LogP contribution is 2.33. The number of aryl methyl sites for hydroxylation is 1. The van der Waals surface area contributed by atoms with Crippen LogP contribution in [0.2, 0.25) is 0 Å². The molecule has 7 heteroatoms. The SMILES string of the molecule is COc1ccccc1OCC(O)Cn1c(C2CC(=O)N(c3ccc(C)cc3)C2)nc2ccccc21. The zero-order valence-corrected chi connectivity index (χ0v) is 19.9. The van der Waals surface area contributed by atoms with Gasteiger partial charge in [-0.1, -0.05) is 42.0 Å². The first-order valence-electron chi connectivity index (χ1n) is 11.8. The van der Waals surface area contributed by atoms with Crippen LogP contribution in [0.4, 0.5) is 5.69 Å². The molecule has 1 aliphatic heterocycles. The van der Waals surface area contributed by atoms with Gasteiger partial charge in [-0.05, 0) is 43.3 Å². The summed E-state index contributed by atoms with van der Waals surface area (Å²) in [4.78, 5) is 19.6. The summed E-state index contributed by atoms with van der Waals surface area (Å²) in [7, 11) is 1.59. The van der Waals surface area contributed by atoms with Crippen LogP contribution >= 0.6 is 0 Å². The third-order valence-corrected chi connectivity index (χ3v) is 6.41. The average molecular weight is 472 g/mol. The van der Waals surface area contributed by atoms with E-state index in [0.29, 0.717) is 31.0 Å². The Morgan fingerprint density at radius 1 is 1.03 bits per heavy atom. The van der Waals surface area contributed by atoms with Crippen molar-refractivity contribution in [2.75, 3.05) is 25.2 Å². The number of imidazole rings is 1. The minimum atomic E-state index is -0.776. The van der Waals surface area contributed by atoms with Crippen molar-refractivity contribution < 1.29 is 19.4 Å². The number of ether oxygens (including phenoxy) is 2. The standard InChI is InChI=1S/C28H29N3O4/c1-19-11-13-21(14-12-19)30-16-20(15-27(30)33)28-29-23-7-3-4-8-24(23)31(28)17-22(32)18-35-26-10-6-5-9-25(26)34-2/h3-14,20,22,32H,15-18H2,1-2H3. The first-order chi connectivity index (χ1) is 17.0. The number of amides is 1. The van der Waals surface area contributed by atoms with E-state index < -0.39 is 6.10 Å². The first-order valence-corrected chi connectivity index (χ1v) is 11.8. The van der Waals surface area contributed by atoms with E-state index in [-0.39, 0.29) is 18.4 Å². The van der Waals surface area contributed by atoms with Crippen LogP contribution < -0.4 is 14.4 Å². The summed E-state index contributed by atoms with van der Waals surface area (Å²) in [5.74, 6) is 2.02. The van der Waals surface area contributed by atoms with E-state index in [1.807, 2.05) is 89.2 Å². The van der Waals surface area contributed by atoms with Gasteiger partial charge in [0.1, 0.15) is 18.5 Å². The number of aliphatic hydroxyl groups is 1. The van der Waals surface area contributed by atoms with Crippen molar-refractivity contribution in [2.45, 2.75) is 31.9 Å². The lowest BCUT2D eigenvalue weighted by atomic mass is 10.1. The van der Waals surface area contributed by atoms with Crippen molar-refractivity contribution in [3.63, 3.8) is 0 Å². The number of hydrogen-bond acceptors (Lipinski definition) is 5. The second-order valence-electron chi connectivity index (χ2n) is 8.93. The number of hydrogen-bond donors (Lipinski definition) is 1. The molecule has 1 saturated heterocycles. The molecule has 0 spiro atoms. The predicted octanol–water partition coefficient (Wildman–Crippen LogP) is 4.31. The zero-order valence-electron chi connectivity index (χ0n) is 19.9. The van der Waals surface area contributed by atoms with E-state index in [4.69, 9.17) is 14.5 Å². The highest BCUT2D eigenvalue weighted by Gasteiger charge is 2.35.